The van der Waals surface area contributed by atoms with Crippen molar-refractivity contribution in [3.63, 3.8) is 0 Å². The molecule has 3 rings (SSSR count). The van der Waals surface area contributed by atoms with E-state index in [9.17, 15) is 9.59 Å². The molecule has 0 aliphatic heterocycles. The summed E-state index contributed by atoms with van der Waals surface area (Å²) in [6.45, 7) is 5.52. The summed E-state index contributed by atoms with van der Waals surface area (Å²) in [6, 6.07) is 0. The number of aryl methyl sites for hydroxylation is 3. The van der Waals surface area contributed by atoms with Gasteiger partial charge < -0.3 is 9.13 Å². The first-order valence-electron chi connectivity index (χ1n) is 8.39. The van der Waals surface area contributed by atoms with Crippen LogP contribution in [-0.4, -0.2) is 28.7 Å². The summed E-state index contributed by atoms with van der Waals surface area (Å²) in [5.41, 5.74) is 0.100. The zero-order valence-corrected chi connectivity index (χ0v) is 15.5. The molecule has 9 heteroatoms. The van der Waals surface area contributed by atoms with Crippen LogP contribution in [0.5, 0.6) is 0 Å². The molecule has 0 aliphatic rings. The van der Waals surface area contributed by atoms with E-state index in [0.717, 1.165) is 30.4 Å². The average molecular weight is 362 g/mol. The van der Waals surface area contributed by atoms with Gasteiger partial charge in [0.2, 0.25) is 0 Å². The second-order valence-corrected chi connectivity index (χ2v) is 6.75. The van der Waals surface area contributed by atoms with E-state index in [1.165, 1.54) is 0 Å². The van der Waals surface area contributed by atoms with Crippen molar-refractivity contribution in [2.45, 2.75) is 50.7 Å². The van der Waals surface area contributed by atoms with Gasteiger partial charge in [0.05, 0.1) is 5.75 Å². The molecule has 134 valence electrons. The summed E-state index contributed by atoms with van der Waals surface area (Å²) >= 11 is 1.56. The standard InChI is InChI=1S/C16H22N6O2S/c1-4-6-8-22-13-12(14(23)19-15(22)24)20(3)11(18-13)10-25-16-17-7-9-21(16)5-2/h7,9H,4-6,8,10H2,1-3H3,(H,19,23,24). The predicted octanol–water partition coefficient (Wildman–Crippen LogP) is 1.73. The van der Waals surface area contributed by atoms with Gasteiger partial charge in [0.25, 0.3) is 5.56 Å². The summed E-state index contributed by atoms with van der Waals surface area (Å²) in [5, 5.41) is 0.909. The van der Waals surface area contributed by atoms with Crippen molar-refractivity contribution in [2.75, 3.05) is 0 Å². The quantitative estimate of drug-likeness (QED) is 0.647. The van der Waals surface area contributed by atoms with Crippen LogP contribution in [0.4, 0.5) is 0 Å². The molecule has 1 N–H and O–H groups in total. The number of fused-ring (bicyclic) bond motifs is 1. The molecule has 0 atom stereocenters. The Morgan fingerprint density at radius 1 is 1.28 bits per heavy atom. The Balaban J connectivity index is 1.99. The molecule has 0 saturated carbocycles. The number of aromatic amines is 1. The van der Waals surface area contributed by atoms with Crippen LogP contribution in [0, 0.1) is 0 Å². The first-order valence-corrected chi connectivity index (χ1v) is 9.37. The van der Waals surface area contributed by atoms with Crippen molar-refractivity contribution in [3.05, 3.63) is 39.1 Å². The highest BCUT2D eigenvalue weighted by Crippen LogP contribution is 2.22. The second-order valence-electron chi connectivity index (χ2n) is 5.81. The van der Waals surface area contributed by atoms with Crippen molar-refractivity contribution >= 4 is 22.9 Å². The molecule has 3 aromatic rings. The fourth-order valence-electron chi connectivity index (χ4n) is 2.75. The van der Waals surface area contributed by atoms with E-state index in [1.54, 1.807) is 34.1 Å². The lowest BCUT2D eigenvalue weighted by Gasteiger charge is -2.05. The molecule has 0 saturated heterocycles. The number of unbranched alkanes of at least 4 members (excludes halogenated alkanes) is 1. The van der Waals surface area contributed by atoms with E-state index in [2.05, 4.69) is 33.4 Å². The van der Waals surface area contributed by atoms with Crippen LogP contribution in [0.1, 0.15) is 32.5 Å². The van der Waals surface area contributed by atoms with Crippen molar-refractivity contribution in [1.29, 1.82) is 0 Å². The maximum atomic E-state index is 12.2. The number of imidazole rings is 2. The molecule has 3 aromatic heterocycles. The Morgan fingerprint density at radius 2 is 2.08 bits per heavy atom. The smallest absolute Gasteiger partial charge is 0.326 e. The lowest BCUT2D eigenvalue weighted by Crippen LogP contribution is -2.31. The van der Waals surface area contributed by atoms with Gasteiger partial charge in [0.15, 0.2) is 16.3 Å². The lowest BCUT2D eigenvalue weighted by atomic mass is 10.3. The summed E-state index contributed by atoms with van der Waals surface area (Å²) in [7, 11) is 1.81. The summed E-state index contributed by atoms with van der Waals surface area (Å²) in [6.07, 6.45) is 5.52. The van der Waals surface area contributed by atoms with Gasteiger partial charge in [-0.1, -0.05) is 25.1 Å². The molecule has 0 aliphatic carbocycles. The van der Waals surface area contributed by atoms with Gasteiger partial charge in [0, 0.05) is 32.5 Å². The molecule has 0 radical (unpaired) electrons. The SMILES string of the molecule is CCCCn1c(=O)[nH]c(=O)c2c1nc(CSc1nccn1CC)n2C. The van der Waals surface area contributed by atoms with E-state index in [0.29, 0.717) is 23.5 Å². The molecular weight excluding hydrogens is 340 g/mol. The van der Waals surface area contributed by atoms with Crippen LogP contribution in [0.3, 0.4) is 0 Å². The molecule has 0 amide bonds. The topological polar surface area (TPSA) is 90.5 Å². The largest absolute Gasteiger partial charge is 0.330 e. The third-order valence-electron chi connectivity index (χ3n) is 4.19. The van der Waals surface area contributed by atoms with Crippen LogP contribution in [-0.2, 0) is 25.9 Å². The Morgan fingerprint density at radius 3 is 2.80 bits per heavy atom. The number of H-pyrrole nitrogens is 1. The fourth-order valence-corrected chi connectivity index (χ4v) is 3.76. The fraction of sp³-hybridized carbons (Fsp3) is 0.500. The molecular formula is C16H22N6O2S. The average Bonchev–Trinajstić information content (AvgIpc) is 3.17. The van der Waals surface area contributed by atoms with Crippen molar-refractivity contribution in [1.82, 2.24) is 28.7 Å². The van der Waals surface area contributed by atoms with Crippen molar-refractivity contribution in [3.8, 4) is 0 Å². The van der Waals surface area contributed by atoms with Gasteiger partial charge in [-0.2, -0.15) is 0 Å². The first kappa shape index (κ1) is 17.5. The minimum atomic E-state index is -0.398. The molecule has 0 aromatic carbocycles. The zero-order chi connectivity index (χ0) is 18.0. The maximum absolute atomic E-state index is 12.2. The highest BCUT2D eigenvalue weighted by molar-refractivity contribution is 7.98. The molecule has 0 fully saturated rings. The third-order valence-corrected chi connectivity index (χ3v) is 5.19. The van der Waals surface area contributed by atoms with E-state index in [-0.39, 0.29) is 0 Å². The number of nitrogens with zero attached hydrogens (tertiary/aromatic N) is 5. The number of hydrogen-bond acceptors (Lipinski definition) is 5. The number of rotatable bonds is 7. The normalized spacial score (nSPS) is 11.5. The molecule has 8 nitrogen and oxygen atoms in total. The first-order chi connectivity index (χ1) is 12.1. The Kier molecular flexibility index (Phi) is 5.12. The monoisotopic (exact) mass is 362 g/mol. The van der Waals surface area contributed by atoms with Gasteiger partial charge in [-0.3, -0.25) is 14.3 Å². The van der Waals surface area contributed by atoms with Crippen LogP contribution in [0.25, 0.3) is 11.2 Å². The number of thioether (sulfide) groups is 1. The van der Waals surface area contributed by atoms with E-state index >= 15 is 0 Å². The van der Waals surface area contributed by atoms with E-state index in [4.69, 9.17) is 0 Å². The van der Waals surface area contributed by atoms with Gasteiger partial charge >= 0.3 is 5.69 Å². The minimum Gasteiger partial charge on any atom is -0.326 e. The summed E-state index contributed by atoms with van der Waals surface area (Å²) in [4.78, 5) is 35.7. The Labute approximate surface area is 148 Å². The van der Waals surface area contributed by atoms with Gasteiger partial charge in [-0.25, -0.2) is 14.8 Å². The highest BCUT2D eigenvalue weighted by Gasteiger charge is 2.17. The van der Waals surface area contributed by atoms with Gasteiger partial charge in [-0.15, -0.1) is 0 Å². The molecule has 25 heavy (non-hydrogen) atoms. The van der Waals surface area contributed by atoms with E-state index < -0.39 is 11.2 Å². The third kappa shape index (κ3) is 3.28. The minimum absolute atomic E-state index is 0.394. The maximum Gasteiger partial charge on any atom is 0.330 e. The van der Waals surface area contributed by atoms with Crippen molar-refractivity contribution < 1.29 is 0 Å². The van der Waals surface area contributed by atoms with Crippen LogP contribution < -0.4 is 11.2 Å². The second kappa shape index (κ2) is 7.30. The Bertz CT molecular complexity index is 996. The van der Waals surface area contributed by atoms with Crippen LogP contribution in [0.15, 0.2) is 27.1 Å². The Hall–Kier alpha value is -2.29. The predicted molar refractivity (Wildman–Crippen MR) is 98.0 cm³/mol. The lowest BCUT2D eigenvalue weighted by molar-refractivity contribution is 0.613. The van der Waals surface area contributed by atoms with Crippen molar-refractivity contribution in [2.24, 2.45) is 7.05 Å². The number of aromatic nitrogens is 6. The highest BCUT2D eigenvalue weighted by atomic mass is 32.2. The number of nitrogens with one attached hydrogen (secondary N) is 1. The van der Waals surface area contributed by atoms with Gasteiger partial charge in [-0.05, 0) is 13.3 Å². The zero-order valence-electron chi connectivity index (χ0n) is 14.7. The summed E-state index contributed by atoms with van der Waals surface area (Å²) < 4.78 is 5.38. The molecule has 0 unspecified atom stereocenters. The van der Waals surface area contributed by atoms with E-state index in [1.807, 2.05) is 6.20 Å². The molecule has 0 spiro atoms. The molecule has 0 bridgehead atoms. The van der Waals surface area contributed by atoms with Crippen LogP contribution >= 0.6 is 11.8 Å². The van der Waals surface area contributed by atoms with Crippen LogP contribution in [0.2, 0.25) is 0 Å². The molecule has 3 heterocycles. The number of hydrogen-bond donors (Lipinski definition) is 1. The van der Waals surface area contributed by atoms with Gasteiger partial charge in [0.1, 0.15) is 5.82 Å². The summed E-state index contributed by atoms with van der Waals surface area (Å²) in [5.74, 6) is 1.32.